The Morgan fingerprint density at radius 3 is 2.58 bits per heavy atom. The average Bonchev–Trinajstić information content (AvgIpc) is 2.63. The molecule has 0 fully saturated rings. The van der Waals surface area contributed by atoms with E-state index in [0.717, 1.165) is 11.1 Å². The molecule has 0 saturated heterocycles. The zero-order valence-corrected chi connectivity index (χ0v) is 16.4. The summed E-state index contributed by atoms with van der Waals surface area (Å²) in [5.41, 5.74) is 2.63. The number of nitrogens with zero attached hydrogens (tertiary/aromatic N) is 2. The van der Waals surface area contributed by atoms with E-state index in [4.69, 9.17) is 21.1 Å². The highest BCUT2D eigenvalue weighted by Gasteiger charge is 2.20. The molecule has 2 aromatic rings. The molecule has 26 heavy (non-hydrogen) atoms. The van der Waals surface area contributed by atoms with E-state index in [0.29, 0.717) is 23.7 Å². The van der Waals surface area contributed by atoms with Crippen LogP contribution in [0.1, 0.15) is 18.1 Å². The molecule has 1 aromatic heterocycles. The molecular weight excluding hydrogens is 354 g/mol. The fourth-order valence-electron chi connectivity index (χ4n) is 2.52. The number of rotatable bonds is 7. The Hall–Kier alpha value is -2.31. The summed E-state index contributed by atoms with van der Waals surface area (Å²) in [6.07, 6.45) is 1.58. The molecule has 0 bridgehead atoms. The summed E-state index contributed by atoms with van der Waals surface area (Å²) < 4.78 is 10.7. The van der Waals surface area contributed by atoms with Crippen molar-refractivity contribution in [2.24, 2.45) is 0 Å². The van der Waals surface area contributed by atoms with Gasteiger partial charge in [0.2, 0.25) is 5.91 Å². The number of aromatic nitrogens is 1. The fourth-order valence-corrected chi connectivity index (χ4v) is 2.68. The summed E-state index contributed by atoms with van der Waals surface area (Å²) in [6, 6.07) is 6.95. The van der Waals surface area contributed by atoms with E-state index in [9.17, 15) is 4.79 Å². The van der Waals surface area contributed by atoms with E-state index < -0.39 is 0 Å². The van der Waals surface area contributed by atoms with Crippen LogP contribution in [0.15, 0.2) is 30.5 Å². The van der Waals surface area contributed by atoms with Crippen LogP contribution >= 0.6 is 11.6 Å². The zero-order chi connectivity index (χ0) is 19.3. The van der Waals surface area contributed by atoms with Crippen molar-refractivity contribution in [1.29, 1.82) is 0 Å². The highest BCUT2D eigenvalue weighted by atomic mass is 35.5. The van der Waals surface area contributed by atoms with E-state index in [1.807, 2.05) is 37.9 Å². The number of benzene rings is 1. The molecule has 6 nitrogen and oxygen atoms in total. The Kier molecular flexibility index (Phi) is 6.83. The number of hydrogen-bond donors (Lipinski definition) is 1. The minimum atomic E-state index is -0.362. The molecule has 1 atom stereocenters. The Bertz CT molecular complexity index is 783. The van der Waals surface area contributed by atoms with Crippen LogP contribution in [0.3, 0.4) is 0 Å². The van der Waals surface area contributed by atoms with Crippen LogP contribution in [0.2, 0.25) is 5.15 Å². The van der Waals surface area contributed by atoms with Gasteiger partial charge in [0.25, 0.3) is 0 Å². The van der Waals surface area contributed by atoms with Gasteiger partial charge in [0.15, 0.2) is 16.7 Å². The second-order valence-corrected chi connectivity index (χ2v) is 6.41. The van der Waals surface area contributed by atoms with E-state index in [1.54, 1.807) is 32.5 Å². The number of carbonyl (C=O) groups excluding carboxylic acids is 1. The lowest BCUT2D eigenvalue weighted by atomic mass is 10.1. The fraction of sp³-hybridized carbons (Fsp3) is 0.368. The number of aryl methyl sites for hydroxylation is 1. The zero-order valence-electron chi connectivity index (χ0n) is 15.7. The van der Waals surface area contributed by atoms with Crippen molar-refractivity contribution in [3.05, 3.63) is 46.7 Å². The first kappa shape index (κ1) is 20.0. The maximum absolute atomic E-state index is 12.5. The number of nitrogens with one attached hydrogen (secondary N) is 1. The summed E-state index contributed by atoms with van der Waals surface area (Å²) in [4.78, 5) is 18.4. The van der Waals surface area contributed by atoms with Gasteiger partial charge in [-0.1, -0.05) is 11.6 Å². The molecule has 140 valence electrons. The second kappa shape index (κ2) is 8.87. The molecule has 0 aliphatic rings. The minimum absolute atomic E-state index is 0.152. The quantitative estimate of drug-likeness (QED) is 0.748. The predicted octanol–water partition coefficient (Wildman–Crippen LogP) is 3.52. The van der Waals surface area contributed by atoms with Crippen molar-refractivity contribution < 1.29 is 14.3 Å². The van der Waals surface area contributed by atoms with Gasteiger partial charge in [0.1, 0.15) is 0 Å². The standard InChI is InChI=1S/C19H24ClN3O3/c1-12-9-16(25-4)17(26-5)10-14(12)11-23(3)13(2)19(24)22-15-7-6-8-21-18(15)20/h6-10,13H,11H2,1-5H3,(H,22,24)/t13-/m0/s1. The first-order valence-electron chi connectivity index (χ1n) is 8.20. The lowest BCUT2D eigenvalue weighted by Gasteiger charge is -2.25. The largest absolute Gasteiger partial charge is 0.493 e. The number of anilines is 1. The van der Waals surface area contributed by atoms with E-state index in [-0.39, 0.29) is 17.1 Å². The predicted molar refractivity (Wildman–Crippen MR) is 103 cm³/mol. The van der Waals surface area contributed by atoms with Gasteiger partial charge in [0.05, 0.1) is 25.9 Å². The molecule has 0 spiro atoms. The molecule has 0 aliphatic carbocycles. The molecular formula is C19H24ClN3O3. The normalized spacial score (nSPS) is 12.0. The number of halogens is 1. The molecule has 2 rings (SSSR count). The summed E-state index contributed by atoms with van der Waals surface area (Å²) in [5, 5.41) is 3.08. The molecule has 0 radical (unpaired) electrons. The molecule has 1 aromatic carbocycles. The summed E-state index contributed by atoms with van der Waals surface area (Å²) in [6.45, 7) is 4.43. The van der Waals surface area contributed by atoms with Gasteiger partial charge < -0.3 is 14.8 Å². The third kappa shape index (κ3) is 4.65. The van der Waals surface area contributed by atoms with Crippen LogP contribution in [0, 0.1) is 6.92 Å². The summed E-state index contributed by atoms with van der Waals surface area (Å²) in [7, 11) is 5.11. The Morgan fingerprint density at radius 2 is 1.96 bits per heavy atom. The van der Waals surface area contributed by atoms with Crippen LogP contribution < -0.4 is 14.8 Å². The van der Waals surface area contributed by atoms with Gasteiger partial charge in [-0.05, 0) is 56.3 Å². The van der Waals surface area contributed by atoms with Crippen LogP contribution in [0.5, 0.6) is 11.5 Å². The van der Waals surface area contributed by atoms with Crippen molar-refractivity contribution in [2.75, 3.05) is 26.6 Å². The Morgan fingerprint density at radius 1 is 1.31 bits per heavy atom. The second-order valence-electron chi connectivity index (χ2n) is 6.06. The maximum atomic E-state index is 12.5. The summed E-state index contributed by atoms with van der Waals surface area (Å²) in [5.74, 6) is 1.20. The number of pyridine rings is 1. The third-order valence-electron chi connectivity index (χ3n) is 4.32. The van der Waals surface area contributed by atoms with E-state index >= 15 is 0 Å². The maximum Gasteiger partial charge on any atom is 0.241 e. The minimum Gasteiger partial charge on any atom is -0.493 e. The van der Waals surface area contributed by atoms with Crippen molar-refractivity contribution in [3.63, 3.8) is 0 Å². The Labute approximate surface area is 159 Å². The number of likely N-dealkylation sites (N-methyl/N-ethyl adjacent to an activating group) is 1. The van der Waals surface area contributed by atoms with Gasteiger partial charge in [-0.25, -0.2) is 4.98 Å². The first-order valence-corrected chi connectivity index (χ1v) is 8.58. The Balaban J connectivity index is 2.10. The highest BCUT2D eigenvalue weighted by Crippen LogP contribution is 2.31. The van der Waals surface area contributed by atoms with Crippen molar-refractivity contribution in [1.82, 2.24) is 9.88 Å². The van der Waals surface area contributed by atoms with Crippen LogP contribution in [0.4, 0.5) is 5.69 Å². The van der Waals surface area contributed by atoms with Gasteiger partial charge in [-0.3, -0.25) is 9.69 Å². The van der Waals surface area contributed by atoms with Gasteiger partial charge in [0, 0.05) is 12.7 Å². The van der Waals surface area contributed by atoms with E-state index in [1.165, 1.54) is 0 Å². The summed E-state index contributed by atoms with van der Waals surface area (Å²) >= 11 is 6.00. The van der Waals surface area contributed by atoms with Gasteiger partial charge in [-0.2, -0.15) is 0 Å². The molecule has 0 aliphatic heterocycles. The molecule has 1 amide bonds. The highest BCUT2D eigenvalue weighted by molar-refractivity contribution is 6.32. The topological polar surface area (TPSA) is 63.7 Å². The molecule has 7 heteroatoms. The first-order chi connectivity index (χ1) is 12.4. The average molecular weight is 378 g/mol. The van der Waals surface area contributed by atoms with E-state index in [2.05, 4.69) is 10.3 Å². The van der Waals surface area contributed by atoms with Crippen LogP contribution in [-0.4, -0.2) is 43.1 Å². The smallest absolute Gasteiger partial charge is 0.241 e. The van der Waals surface area contributed by atoms with Crippen LogP contribution in [-0.2, 0) is 11.3 Å². The molecule has 1 N–H and O–H groups in total. The number of amides is 1. The SMILES string of the molecule is COc1cc(C)c(CN(C)[C@@H](C)C(=O)Nc2cccnc2Cl)cc1OC. The number of carbonyl (C=O) groups is 1. The number of methoxy groups -OCH3 is 2. The lowest BCUT2D eigenvalue weighted by Crippen LogP contribution is -2.39. The molecule has 0 unspecified atom stereocenters. The number of ether oxygens (including phenoxy) is 2. The molecule has 0 saturated carbocycles. The molecule has 1 heterocycles. The third-order valence-corrected chi connectivity index (χ3v) is 4.62. The van der Waals surface area contributed by atoms with Crippen molar-refractivity contribution in [3.8, 4) is 11.5 Å². The number of hydrogen-bond acceptors (Lipinski definition) is 5. The van der Waals surface area contributed by atoms with Crippen LogP contribution in [0.25, 0.3) is 0 Å². The monoisotopic (exact) mass is 377 g/mol. The van der Waals surface area contributed by atoms with Crippen molar-refractivity contribution in [2.45, 2.75) is 26.4 Å². The lowest BCUT2D eigenvalue weighted by molar-refractivity contribution is -0.120. The van der Waals surface area contributed by atoms with Gasteiger partial charge in [-0.15, -0.1) is 0 Å². The van der Waals surface area contributed by atoms with Gasteiger partial charge >= 0.3 is 0 Å². The van der Waals surface area contributed by atoms with Crippen molar-refractivity contribution >= 4 is 23.2 Å².